The van der Waals surface area contributed by atoms with Crippen LogP contribution in [0.2, 0.25) is 0 Å². The highest BCUT2D eigenvalue weighted by Crippen LogP contribution is 2.35. The average Bonchev–Trinajstić information content (AvgIpc) is 3.28. The molecule has 0 aromatic heterocycles. The van der Waals surface area contributed by atoms with Gasteiger partial charge in [0.15, 0.2) is 12.6 Å². The lowest BCUT2D eigenvalue weighted by atomic mass is 9.92. The Morgan fingerprint density at radius 2 is 1.66 bits per heavy atom. The Morgan fingerprint density at radius 3 is 2.39 bits per heavy atom. The van der Waals surface area contributed by atoms with E-state index < -0.39 is 0 Å². The third-order valence-electron chi connectivity index (χ3n) is 7.61. The van der Waals surface area contributed by atoms with Gasteiger partial charge in [-0.1, -0.05) is 73.2 Å². The summed E-state index contributed by atoms with van der Waals surface area (Å²) < 4.78 is 16.1. The maximum atomic E-state index is 13.2. The van der Waals surface area contributed by atoms with Crippen molar-refractivity contribution in [1.82, 2.24) is 4.90 Å². The number of benzene rings is 2. The molecule has 2 fully saturated rings. The molecule has 1 saturated carbocycles. The fourth-order valence-corrected chi connectivity index (χ4v) is 5.66. The first-order chi connectivity index (χ1) is 18.7. The van der Waals surface area contributed by atoms with E-state index in [-0.39, 0.29) is 30.8 Å². The SMILES string of the molecule is COCOC(=O)CCC=CCC[C@H]1[C@@H](OCc2ccc(-c3ccccc3)cc2)CC(=O)[C@@H]1N1CCCCC1. The zero-order valence-corrected chi connectivity index (χ0v) is 22.6. The average molecular weight is 520 g/mol. The van der Waals surface area contributed by atoms with Crippen LogP contribution in [0.15, 0.2) is 66.7 Å². The molecule has 204 valence electrons. The van der Waals surface area contributed by atoms with Crippen LogP contribution >= 0.6 is 0 Å². The quantitative estimate of drug-likeness (QED) is 0.185. The number of ketones is 1. The number of rotatable bonds is 13. The van der Waals surface area contributed by atoms with Crippen molar-refractivity contribution in [2.24, 2.45) is 5.92 Å². The van der Waals surface area contributed by atoms with Gasteiger partial charge in [0, 0.05) is 25.9 Å². The van der Waals surface area contributed by atoms with Gasteiger partial charge in [0.25, 0.3) is 0 Å². The topological polar surface area (TPSA) is 65.1 Å². The highest BCUT2D eigenvalue weighted by molar-refractivity contribution is 5.87. The highest BCUT2D eigenvalue weighted by Gasteiger charge is 2.45. The zero-order valence-electron chi connectivity index (χ0n) is 22.6. The molecule has 4 rings (SSSR count). The van der Waals surface area contributed by atoms with Crippen molar-refractivity contribution in [1.29, 1.82) is 0 Å². The summed E-state index contributed by atoms with van der Waals surface area (Å²) in [5.41, 5.74) is 3.51. The third-order valence-corrected chi connectivity index (χ3v) is 7.61. The number of ether oxygens (including phenoxy) is 3. The summed E-state index contributed by atoms with van der Waals surface area (Å²) in [4.78, 5) is 27.2. The van der Waals surface area contributed by atoms with Crippen LogP contribution in [-0.2, 0) is 30.4 Å². The van der Waals surface area contributed by atoms with Crippen LogP contribution in [-0.4, -0.2) is 55.8 Å². The molecule has 1 heterocycles. The summed E-state index contributed by atoms with van der Waals surface area (Å²) in [5, 5.41) is 0. The van der Waals surface area contributed by atoms with Gasteiger partial charge in [-0.05, 0) is 61.9 Å². The molecule has 0 bridgehead atoms. The monoisotopic (exact) mass is 519 g/mol. The summed E-state index contributed by atoms with van der Waals surface area (Å²) in [5.74, 6) is 0.250. The van der Waals surface area contributed by atoms with Crippen molar-refractivity contribution in [3.05, 3.63) is 72.3 Å². The Kier molecular flexibility index (Phi) is 11.1. The molecule has 0 N–H and O–H groups in total. The number of piperidine rings is 1. The van der Waals surface area contributed by atoms with E-state index in [1.165, 1.54) is 24.7 Å². The van der Waals surface area contributed by atoms with Crippen molar-refractivity contribution >= 4 is 11.8 Å². The summed E-state index contributed by atoms with van der Waals surface area (Å²) >= 11 is 0. The fraction of sp³-hybridized carbons (Fsp3) is 0.500. The fourth-order valence-electron chi connectivity index (χ4n) is 5.66. The summed E-state index contributed by atoms with van der Waals surface area (Å²) in [6.07, 6.45) is 10.9. The molecule has 6 heteroatoms. The van der Waals surface area contributed by atoms with Crippen LogP contribution in [0.5, 0.6) is 0 Å². The van der Waals surface area contributed by atoms with Gasteiger partial charge in [-0.2, -0.15) is 0 Å². The van der Waals surface area contributed by atoms with E-state index >= 15 is 0 Å². The normalized spacial score (nSPS) is 22.2. The van der Waals surface area contributed by atoms with Gasteiger partial charge in [-0.15, -0.1) is 0 Å². The molecular formula is C32H41NO5. The molecule has 2 aromatic rings. The largest absolute Gasteiger partial charge is 0.438 e. The van der Waals surface area contributed by atoms with E-state index in [4.69, 9.17) is 14.2 Å². The van der Waals surface area contributed by atoms with E-state index in [1.807, 2.05) is 12.1 Å². The standard InChI is InChI=1S/C32H41NO5/c1-36-24-38-31(35)15-9-3-2-8-14-28-30(22-29(34)32(28)33-20-10-5-11-21-33)37-23-25-16-18-27(19-17-25)26-12-6-4-7-13-26/h2-4,6-7,12-13,16-19,28,30,32H,5,8-11,14-15,20-24H2,1H3/t28-,30-,32+/m0/s1. The minimum absolute atomic E-state index is 0.00525. The third kappa shape index (κ3) is 8.10. The Labute approximate surface area is 227 Å². The van der Waals surface area contributed by atoms with Crippen LogP contribution in [0.1, 0.15) is 56.9 Å². The Morgan fingerprint density at radius 1 is 0.947 bits per heavy atom. The molecule has 0 spiro atoms. The first-order valence-corrected chi connectivity index (χ1v) is 14.0. The van der Waals surface area contributed by atoms with Crippen molar-refractivity contribution in [2.45, 2.75) is 70.1 Å². The Balaban J connectivity index is 1.33. The number of hydrogen-bond donors (Lipinski definition) is 0. The molecule has 2 aromatic carbocycles. The van der Waals surface area contributed by atoms with Gasteiger partial charge < -0.3 is 14.2 Å². The summed E-state index contributed by atoms with van der Waals surface area (Å²) in [7, 11) is 1.50. The van der Waals surface area contributed by atoms with Gasteiger partial charge in [0.1, 0.15) is 0 Å². The minimum Gasteiger partial charge on any atom is -0.438 e. The van der Waals surface area contributed by atoms with Crippen molar-refractivity contribution in [3.8, 4) is 11.1 Å². The highest BCUT2D eigenvalue weighted by atomic mass is 16.7. The maximum Gasteiger partial charge on any atom is 0.308 e. The molecule has 6 nitrogen and oxygen atoms in total. The molecule has 0 radical (unpaired) electrons. The van der Waals surface area contributed by atoms with Gasteiger partial charge in [0.05, 0.1) is 18.8 Å². The van der Waals surface area contributed by atoms with Crippen LogP contribution < -0.4 is 0 Å². The summed E-state index contributed by atoms with van der Waals surface area (Å²) in [6.45, 7) is 2.50. The molecular weight excluding hydrogens is 478 g/mol. The van der Waals surface area contributed by atoms with E-state index in [0.29, 0.717) is 31.7 Å². The second kappa shape index (κ2) is 15.0. The van der Waals surface area contributed by atoms with Gasteiger partial charge in [-0.25, -0.2) is 0 Å². The molecule has 0 unspecified atom stereocenters. The number of allylic oxidation sites excluding steroid dienone is 2. The second-order valence-corrected chi connectivity index (χ2v) is 10.3. The molecule has 0 amide bonds. The molecule has 3 atom stereocenters. The smallest absolute Gasteiger partial charge is 0.308 e. The number of methoxy groups -OCH3 is 1. The predicted octanol–water partition coefficient (Wildman–Crippen LogP) is 5.95. The van der Waals surface area contributed by atoms with Gasteiger partial charge >= 0.3 is 5.97 Å². The number of Topliss-reactive ketones (excluding diaryl/α,β-unsaturated/α-hetero) is 1. The second-order valence-electron chi connectivity index (χ2n) is 10.3. The first kappa shape index (κ1) is 28.2. The zero-order chi connectivity index (χ0) is 26.6. The lowest BCUT2D eigenvalue weighted by Crippen LogP contribution is -2.46. The predicted molar refractivity (Wildman–Crippen MR) is 148 cm³/mol. The number of likely N-dealkylation sites (tertiary alicyclic amines) is 1. The first-order valence-electron chi connectivity index (χ1n) is 14.0. The molecule has 1 saturated heterocycles. The van der Waals surface area contributed by atoms with Crippen LogP contribution in [0.25, 0.3) is 11.1 Å². The van der Waals surface area contributed by atoms with E-state index in [2.05, 4.69) is 59.5 Å². The minimum atomic E-state index is -0.256. The number of carbonyl (C=O) groups excluding carboxylic acids is 2. The Bertz CT molecular complexity index is 1030. The van der Waals surface area contributed by atoms with Crippen molar-refractivity contribution in [2.75, 3.05) is 27.0 Å². The van der Waals surface area contributed by atoms with E-state index in [1.54, 1.807) is 0 Å². The molecule has 38 heavy (non-hydrogen) atoms. The lowest BCUT2D eigenvalue weighted by molar-refractivity contribution is -0.153. The number of nitrogens with zero attached hydrogens (tertiary/aromatic N) is 1. The number of hydrogen-bond acceptors (Lipinski definition) is 6. The number of carbonyl (C=O) groups is 2. The van der Waals surface area contributed by atoms with Crippen LogP contribution in [0, 0.1) is 5.92 Å². The van der Waals surface area contributed by atoms with Crippen LogP contribution in [0.4, 0.5) is 0 Å². The van der Waals surface area contributed by atoms with E-state index in [0.717, 1.165) is 44.3 Å². The van der Waals surface area contributed by atoms with Gasteiger partial charge in [-0.3, -0.25) is 14.5 Å². The molecule has 2 aliphatic rings. The Hall–Kier alpha value is -2.80. The maximum absolute atomic E-state index is 13.2. The van der Waals surface area contributed by atoms with Gasteiger partial charge in [0.2, 0.25) is 0 Å². The summed E-state index contributed by atoms with van der Waals surface area (Å²) in [6, 6.07) is 18.8. The molecule has 1 aliphatic carbocycles. The van der Waals surface area contributed by atoms with Crippen molar-refractivity contribution < 1.29 is 23.8 Å². The van der Waals surface area contributed by atoms with E-state index in [9.17, 15) is 9.59 Å². The molecule has 1 aliphatic heterocycles. The lowest BCUT2D eigenvalue weighted by Gasteiger charge is -2.35. The van der Waals surface area contributed by atoms with Crippen molar-refractivity contribution in [3.63, 3.8) is 0 Å². The number of esters is 1. The van der Waals surface area contributed by atoms with Crippen LogP contribution in [0.3, 0.4) is 0 Å².